The molecule has 3 rings (SSSR count). The highest BCUT2D eigenvalue weighted by Gasteiger charge is 2.86. The van der Waals surface area contributed by atoms with Gasteiger partial charge in [-0.25, -0.2) is 13.5 Å². The summed E-state index contributed by atoms with van der Waals surface area (Å²) in [5, 5.41) is 11.4. The summed E-state index contributed by atoms with van der Waals surface area (Å²) in [5.41, 5.74) is -0.995. The number of aromatic nitrogens is 2. The first-order chi connectivity index (χ1) is 13.6. The molecule has 2 N–H and O–H groups in total. The monoisotopic (exact) mass is 480 g/mol. The summed E-state index contributed by atoms with van der Waals surface area (Å²) in [5.74, 6) is -6.14. The summed E-state index contributed by atoms with van der Waals surface area (Å²) in [6, 6.07) is 2.47. The lowest BCUT2D eigenvalue weighted by Crippen LogP contribution is -2.35. The van der Waals surface area contributed by atoms with Crippen LogP contribution in [0.1, 0.15) is 17.7 Å². The third-order valence-electron chi connectivity index (χ3n) is 4.36. The SMILES string of the molecule is N#Cc1nn(-c2c(Cl)cc(OC(F)(F)F)cc2Cl)c(N)c1C1(C(F)(F)F)CC1(F)F. The quantitative estimate of drug-likeness (QED) is 0.599. The number of hydrogen-bond donors (Lipinski definition) is 1. The minimum Gasteiger partial charge on any atom is -0.406 e. The third-order valence-corrected chi connectivity index (χ3v) is 4.94. The number of halogens is 10. The first-order valence-electron chi connectivity index (χ1n) is 7.54. The molecule has 1 saturated carbocycles. The highest BCUT2D eigenvalue weighted by molar-refractivity contribution is 6.38. The van der Waals surface area contributed by atoms with Gasteiger partial charge in [-0.2, -0.15) is 23.5 Å². The maximum absolute atomic E-state index is 13.8. The molecule has 1 atom stereocenters. The fourth-order valence-electron chi connectivity index (χ4n) is 3.05. The number of nitrogens with zero attached hydrogens (tertiary/aromatic N) is 3. The minimum atomic E-state index is -5.48. The smallest absolute Gasteiger partial charge is 0.406 e. The maximum atomic E-state index is 13.8. The summed E-state index contributed by atoms with van der Waals surface area (Å²) in [6.45, 7) is 0. The van der Waals surface area contributed by atoms with Crippen LogP contribution in [-0.2, 0) is 5.41 Å². The van der Waals surface area contributed by atoms with Crippen LogP contribution in [0.3, 0.4) is 0 Å². The average Bonchev–Trinajstić information content (AvgIpc) is 2.99. The van der Waals surface area contributed by atoms with Crippen molar-refractivity contribution < 1.29 is 39.9 Å². The standard InChI is InChI=1S/C15H6Cl2F8N4O/c16-6-1-5(30-15(23,24)25)2-7(17)10(6)29-11(27)9(8(3-26)28-29)12(14(20,21)22)4-13(12,18)19/h1-2H,4,27H2. The van der Waals surface area contributed by atoms with E-state index in [-0.39, 0.29) is 0 Å². The zero-order chi connectivity index (χ0) is 22.9. The maximum Gasteiger partial charge on any atom is 0.573 e. The van der Waals surface area contributed by atoms with Crippen molar-refractivity contribution in [1.82, 2.24) is 9.78 Å². The van der Waals surface area contributed by atoms with Crippen molar-refractivity contribution in [2.75, 3.05) is 5.73 Å². The van der Waals surface area contributed by atoms with Crippen LogP contribution < -0.4 is 10.5 Å². The van der Waals surface area contributed by atoms with Crippen molar-refractivity contribution in [2.24, 2.45) is 0 Å². The van der Waals surface area contributed by atoms with Crippen LogP contribution in [0, 0.1) is 11.3 Å². The van der Waals surface area contributed by atoms with E-state index >= 15 is 0 Å². The van der Waals surface area contributed by atoms with E-state index < -0.39 is 68.9 Å². The van der Waals surface area contributed by atoms with E-state index in [1.165, 1.54) is 6.07 Å². The molecule has 1 aliphatic carbocycles. The van der Waals surface area contributed by atoms with Crippen molar-refractivity contribution in [3.63, 3.8) is 0 Å². The zero-order valence-electron chi connectivity index (χ0n) is 14.0. The molecular weight excluding hydrogens is 475 g/mol. The largest absolute Gasteiger partial charge is 0.573 e. The molecule has 0 bridgehead atoms. The van der Waals surface area contributed by atoms with Gasteiger partial charge in [0.2, 0.25) is 0 Å². The van der Waals surface area contributed by atoms with Crippen LogP contribution in [-0.4, -0.2) is 28.2 Å². The summed E-state index contributed by atoms with van der Waals surface area (Å²) in [7, 11) is 0. The highest BCUT2D eigenvalue weighted by Crippen LogP contribution is 2.70. The number of nitrogens with two attached hydrogens (primary N) is 1. The first-order valence-corrected chi connectivity index (χ1v) is 8.30. The predicted octanol–water partition coefficient (Wildman–Crippen LogP) is 5.37. The van der Waals surface area contributed by atoms with E-state index in [2.05, 4.69) is 9.84 Å². The Labute approximate surface area is 171 Å². The van der Waals surface area contributed by atoms with E-state index in [4.69, 9.17) is 34.2 Å². The molecule has 0 amide bonds. The molecule has 1 aromatic carbocycles. The Bertz CT molecular complexity index is 1050. The van der Waals surface area contributed by atoms with Crippen molar-refractivity contribution >= 4 is 29.0 Å². The molecule has 1 heterocycles. The molecule has 0 saturated heterocycles. The lowest BCUT2D eigenvalue weighted by Gasteiger charge is -2.20. The number of nitrogen functional groups attached to an aromatic ring is 1. The molecule has 1 aromatic heterocycles. The van der Waals surface area contributed by atoms with E-state index in [0.717, 1.165) is 0 Å². The lowest BCUT2D eigenvalue weighted by atomic mass is 9.94. The van der Waals surface area contributed by atoms with E-state index in [0.29, 0.717) is 16.8 Å². The minimum absolute atomic E-state index is 0.387. The van der Waals surface area contributed by atoms with E-state index in [1.807, 2.05) is 0 Å². The second-order valence-corrected chi connectivity index (χ2v) is 7.01. The number of rotatable bonds is 3. The second kappa shape index (κ2) is 6.52. The molecule has 15 heteroatoms. The van der Waals surface area contributed by atoms with Gasteiger partial charge >= 0.3 is 12.5 Å². The first kappa shape index (κ1) is 22.2. The fraction of sp³-hybridized carbons (Fsp3) is 0.333. The Balaban J connectivity index is 2.21. The molecule has 0 radical (unpaired) electrons. The number of ether oxygens (including phenoxy) is 1. The van der Waals surface area contributed by atoms with Crippen molar-refractivity contribution in [3.05, 3.63) is 33.4 Å². The summed E-state index contributed by atoms with van der Waals surface area (Å²) in [4.78, 5) is 0. The molecule has 0 spiro atoms. The van der Waals surface area contributed by atoms with E-state index in [1.54, 1.807) is 0 Å². The van der Waals surface area contributed by atoms with Crippen LogP contribution in [0.4, 0.5) is 40.9 Å². The summed E-state index contributed by atoms with van der Waals surface area (Å²) in [6.07, 6.45) is -12.2. The van der Waals surface area contributed by atoms with Crippen LogP contribution >= 0.6 is 23.2 Å². The third kappa shape index (κ3) is 3.27. The van der Waals surface area contributed by atoms with Crippen molar-refractivity contribution in [2.45, 2.75) is 30.3 Å². The van der Waals surface area contributed by atoms with Gasteiger partial charge in [-0.15, -0.1) is 13.2 Å². The zero-order valence-corrected chi connectivity index (χ0v) is 15.5. The lowest BCUT2D eigenvalue weighted by molar-refractivity contribution is -0.274. The van der Waals surface area contributed by atoms with Gasteiger partial charge in [-0.1, -0.05) is 23.2 Å². The summed E-state index contributed by atoms with van der Waals surface area (Å²) >= 11 is 11.7. The Morgan fingerprint density at radius 2 is 1.63 bits per heavy atom. The highest BCUT2D eigenvalue weighted by atomic mass is 35.5. The Morgan fingerprint density at radius 1 is 1.13 bits per heavy atom. The van der Waals surface area contributed by atoms with Crippen LogP contribution in [0.25, 0.3) is 5.69 Å². The molecule has 1 aliphatic rings. The topological polar surface area (TPSA) is 76.9 Å². The van der Waals surface area contributed by atoms with Gasteiger partial charge in [0.25, 0.3) is 5.92 Å². The molecule has 162 valence electrons. The van der Waals surface area contributed by atoms with Crippen LogP contribution in [0.15, 0.2) is 12.1 Å². The van der Waals surface area contributed by atoms with Gasteiger partial charge in [-0.05, 0) is 0 Å². The van der Waals surface area contributed by atoms with Gasteiger partial charge < -0.3 is 10.5 Å². The van der Waals surface area contributed by atoms with Gasteiger partial charge in [0, 0.05) is 18.6 Å². The van der Waals surface area contributed by atoms with Crippen LogP contribution in [0.5, 0.6) is 5.75 Å². The molecule has 2 aromatic rings. The molecule has 1 unspecified atom stereocenters. The average molecular weight is 481 g/mol. The molecular formula is C15H6Cl2F8N4O. The number of benzene rings is 1. The second-order valence-electron chi connectivity index (χ2n) is 6.20. The predicted molar refractivity (Wildman–Crippen MR) is 86.7 cm³/mol. The molecule has 1 fully saturated rings. The van der Waals surface area contributed by atoms with Crippen LogP contribution in [0.2, 0.25) is 10.0 Å². The number of nitriles is 1. The van der Waals surface area contributed by atoms with Gasteiger partial charge in [0.15, 0.2) is 11.1 Å². The number of hydrogen-bond acceptors (Lipinski definition) is 4. The number of alkyl halides is 8. The Hall–Kier alpha value is -2.46. The van der Waals surface area contributed by atoms with Gasteiger partial charge in [0.05, 0.1) is 15.6 Å². The van der Waals surface area contributed by atoms with Crippen molar-refractivity contribution in [1.29, 1.82) is 5.26 Å². The van der Waals surface area contributed by atoms with E-state index in [9.17, 15) is 35.1 Å². The molecule has 0 aliphatic heterocycles. The molecule has 5 nitrogen and oxygen atoms in total. The normalized spacial score (nSPS) is 20.7. The van der Waals surface area contributed by atoms with Gasteiger partial charge in [0.1, 0.15) is 23.3 Å². The molecule has 30 heavy (non-hydrogen) atoms. The van der Waals surface area contributed by atoms with Gasteiger partial charge in [-0.3, -0.25) is 0 Å². The summed E-state index contributed by atoms with van der Waals surface area (Å²) < 4.78 is 109. The Morgan fingerprint density at radius 3 is 2.00 bits per heavy atom. The number of anilines is 1. The van der Waals surface area contributed by atoms with Crippen molar-refractivity contribution in [3.8, 4) is 17.5 Å². The fourth-order valence-corrected chi connectivity index (χ4v) is 3.67. The Kier molecular flexibility index (Phi) is 4.83.